The summed E-state index contributed by atoms with van der Waals surface area (Å²) in [4.78, 5) is 16.5. The molecule has 2 aromatic heterocycles. The molecule has 4 heteroatoms. The highest BCUT2D eigenvalue weighted by atomic mass is 16.1. The molecule has 0 aromatic carbocycles. The van der Waals surface area contributed by atoms with E-state index in [-0.39, 0.29) is 5.78 Å². The minimum atomic E-state index is -0.0171. The fourth-order valence-corrected chi connectivity index (χ4v) is 1.82. The summed E-state index contributed by atoms with van der Waals surface area (Å²) >= 11 is 0. The number of aromatic nitrogens is 3. The molecule has 0 saturated heterocycles. The summed E-state index contributed by atoms with van der Waals surface area (Å²) < 4.78 is 1.75. The van der Waals surface area contributed by atoms with E-state index in [1.165, 1.54) is 0 Å². The summed E-state index contributed by atoms with van der Waals surface area (Å²) in [5, 5.41) is 4.39. The first kappa shape index (κ1) is 12.5. The van der Waals surface area contributed by atoms with Crippen molar-refractivity contribution in [2.75, 3.05) is 0 Å². The van der Waals surface area contributed by atoms with Gasteiger partial charge in [0, 0.05) is 24.0 Å². The Morgan fingerprint density at radius 1 is 1.33 bits per heavy atom. The molecule has 2 rings (SSSR count). The Hall–Kier alpha value is -1.97. The van der Waals surface area contributed by atoms with E-state index in [2.05, 4.69) is 10.1 Å². The van der Waals surface area contributed by atoms with Crippen molar-refractivity contribution in [3.8, 4) is 0 Å². The van der Waals surface area contributed by atoms with Crippen molar-refractivity contribution in [2.45, 2.75) is 33.7 Å². The third-order valence-corrected chi connectivity index (χ3v) is 2.90. The zero-order valence-electron chi connectivity index (χ0n) is 11.0. The normalized spacial score (nSPS) is 10.6. The Balaban J connectivity index is 2.38. The summed E-state index contributed by atoms with van der Waals surface area (Å²) in [6.45, 7) is 6.61. The standard InChI is InChI=1S/C14H17N3O/c1-4-12-8-13(17(5-2)16-12)14(18)11-7-6-10(3)15-9-11/h6-9H,4-5H2,1-3H3. The maximum absolute atomic E-state index is 12.4. The van der Waals surface area contributed by atoms with Gasteiger partial charge in [0.1, 0.15) is 5.69 Å². The number of carbonyl (C=O) groups is 1. The monoisotopic (exact) mass is 243 g/mol. The highest BCUT2D eigenvalue weighted by molar-refractivity contribution is 6.07. The number of carbonyl (C=O) groups excluding carboxylic acids is 1. The molecule has 0 spiro atoms. The molecule has 18 heavy (non-hydrogen) atoms. The van der Waals surface area contributed by atoms with Crippen LogP contribution in [0.5, 0.6) is 0 Å². The Bertz CT molecular complexity index is 555. The molecule has 4 nitrogen and oxygen atoms in total. The van der Waals surface area contributed by atoms with Gasteiger partial charge in [0.2, 0.25) is 5.78 Å². The first-order valence-corrected chi connectivity index (χ1v) is 6.19. The minimum absolute atomic E-state index is 0.0171. The van der Waals surface area contributed by atoms with E-state index < -0.39 is 0 Å². The molecule has 2 heterocycles. The summed E-state index contributed by atoms with van der Waals surface area (Å²) in [5.74, 6) is -0.0171. The fourth-order valence-electron chi connectivity index (χ4n) is 1.82. The maximum Gasteiger partial charge on any atom is 0.212 e. The Labute approximate surface area is 107 Å². The molecule has 0 aliphatic rings. The highest BCUT2D eigenvalue weighted by Crippen LogP contribution is 2.12. The van der Waals surface area contributed by atoms with Gasteiger partial charge in [0.05, 0.1) is 5.69 Å². The second-order valence-electron chi connectivity index (χ2n) is 4.21. The van der Waals surface area contributed by atoms with Crippen molar-refractivity contribution in [1.29, 1.82) is 0 Å². The first-order valence-electron chi connectivity index (χ1n) is 6.19. The van der Waals surface area contributed by atoms with Gasteiger partial charge in [-0.3, -0.25) is 14.5 Å². The largest absolute Gasteiger partial charge is 0.287 e. The van der Waals surface area contributed by atoms with Gasteiger partial charge in [-0.15, -0.1) is 0 Å². The van der Waals surface area contributed by atoms with Crippen LogP contribution in [0.1, 0.15) is 41.3 Å². The quantitative estimate of drug-likeness (QED) is 0.775. The van der Waals surface area contributed by atoms with Crippen molar-refractivity contribution in [3.05, 3.63) is 47.0 Å². The van der Waals surface area contributed by atoms with Crippen LogP contribution >= 0.6 is 0 Å². The van der Waals surface area contributed by atoms with Crippen molar-refractivity contribution in [1.82, 2.24) is 14.8 Å². The molecule has 0 aliphatic heterocycles. The Kier molecular flexibility index (Phi) is 3.55. The maximum atomic E-state index is 12.4. The molecular weight excluding hydrogens is 226 g/mol. The number of nitrogens with zero attached hydrogens (tertiary/aromatic N) is 3. The summed E-state index contributed by atoms with van der Waals surface area (Å²) in [5.41, 5.74) is 3.10. The van der Waals surface area contributed by atoms with E-state index in [4.69, 9.17) is 0 Å². The zero-order valence-corrected chi connectivity index (χ0v) is 11.0. The number of hydrogen-bond acceptors (Lipinski definition) is 3. The smallest absolute Gasteiger partial charge is 0.212 e. The van der Waals surface area contributed by atoms with Gasteiger partial charge < -0.3 is 0 Å². The van der Waals surface area contributed by atoms with Crippen molar-refractivity contribution >= 4 is 5.78 Å². The molecule has 0 atom stereocenters. The molecule has 2 aromatic rings. The molecule has 0 saturated carbocycles. The van der Waals surface area contributed by atoms with Crippen LogP contribution in [0.2, 0.25) is 0 Å². The molecule has 0 amide bonds. The molecule has 0 unspecified atom stereocenters. The van der Waals surface area contributed by atoms with Crippen LogP contribution in [0.15, 0.2) is 24.4 Å². The molecular formula is C14H17N3O. The van der Waals surface area contributed by atoms with E-state index in [1.807, 2.05) is 39.0 Å². The van der Waals surface area contributed by atoms with Gasteiger partial charge in [-0.25, -0.2) is 0 Å². The number of pyridine rings is 1. The molecule has 0 N–H and O–H groups in total. The lowest BCUT2D eigenvalue weighted by atomic mass is 10.1. The Morgan fingerprint density at radius 2 is 2.11 bits per heavy atom. The summed E-state index contributed by atoms with van der Waals surface area (Å²) in [7, 11) is 0. The summed E-state index contributed by atoms with van der Waals surface area (Å²) in [6, 6.07) is 5.52. The molecule has 0 aliphatic carbocycles. The van der Waals surface area contributed by atoms with E-state index in [1.54, 1.807) is 10.9 Å². The first-order chi connectivity index (χ1) is 8.65. The average Bonchev–Trinajstić information content (AvgIpc) is 2.82. The average molecular weight is 243 g/mol. The van der Waals surface area contributed by atoms with Crippen LogP contribution in [0.3, 0.4) is 0 Å². The lowest BCUT2D eigenvalue weighted by Gasteiger charge is -2.03. The lowest BCUT2D eigenvalue weighted by Crippen LogP contribution is -2.10. The number of ketones is 1. The SMILES string of the molecule is CCc1cc(C(=O)c2ccc(C)nc2)n(CC)n1. The van der Waals surface area contributed by atoms with Crippen LogP contribution in [0.4, 0.5) is 0 Å². The predicted molar refractivity (Wildman–Crippen MR) is 69.7 cm³/mol. The van der Waals surface area contributed by atoms with Crippen LogP contribution in [-0.4, -0.2) is 20.5 Å². The van der Waals surface area contributed by atoms with Crippen molar-refractivity contribution in [2.24, 2.45) is 0 Å². The molecule has 0 radical (unpaired) electrons. The molecule has 0 bridgehead atoms. The van der Waals surface area contributed by atoms with Gasteiger partial charge >= 0.3 is 0 Å². The van der Waals surface area contributed by atoms with E-state index in [9.17, 15) is 4.79 Å². The minimum Gasteiger partial charge on any atom is -0.287 e. The molecule has 0 fully saturated rings. The topological polar surface area (TPSA) is 47.8 Å². The summed E-state index contributed by atoms with van der Waals surface area (Å²) in [6.07, 6.45) is 2.45. The third-order valence-electron chi connectivity index (χ3n) is 2.90. The van der Waals surface area contributed by atoms with Crippen molar-refractivity contribution < 1.29 is 4.79 Å². The highest BCUT2D eigenvalue weighted by Gasteiger charge is 2.16. The van der Waals surface area contributed by atoms with Crippen molar-refractivity contribution in [3.63, 3.8) is 0 Å². The van der Waals surface area contributed by atoms with Gasteiger partial charge in [-0.1, -0.05) is 6.92 Å². The van der Waals surface area contributed by atoms with Gasteiger partial charge in [0.25, 0.3) is 0 Å². The van der Waals surface area contributed by atoms with Crippen LogP contribution in [0, 0.1) is 6.92 Å². The predicted octanol–water partition coefficient (Wildman–Crippen LogP) is 2.40. The molecule has 94 valence electrons. The second-order valence-corrected chi connectivity index (χ2v) is 4.21. The number of aryl methyl sites for hydroxylation is 3. The number of hydrogen-bond donors (Lipinski definition) is 0. The van der Waals surface area contributed by atoms with Gasteiger partial charge in [-0.2, -0.15) is 5.10 Å². The van der Waals surface area contributed by atoms with Gasteiger partial charge in [-0.05, 0) is 38.5 Å². The van der Waals surface area contributed by atoms with Gasteiger partial charge in [0.15, 0.2) is 0 Å². The zero-order chi connectivity index (χ0) is 13.1. The fraction of sp³-hybridized carbons (Fsp3) is 0.357. The lowest BCUT2D eigenvalue weighted by molar-refractivity contribution is 0.102. The van der Waals surface area contributed by atoms with E-state index in [0.717, 1.165) is 17.8 Å². The Morgan fingerprint density at radius 3 is 2.67 bits per heavy atom. The number of rotatable bonds is 4. The third kappa shape index (κ3) is 2.32. The van der Waals surface area contributed by atoms with E-state index in [0.29, 0.717) is 17.8 Å². The van der Waals surface area contributed by atoms with Crippen LogP contribution < -0.4 is 0 Å². The van der Waals surface area contributed by atoms with Crippen LogP contribution in [0.25, 0.3) is 0 Å². The van der Waals surface area contributed by atoms with Crippen LogP contribution in [-0.2, 0) is 13.0 Å². The van der Waals surface area contributed by atoms with E-state index >= 15 is 0 Å². The second kappa shape index (κ2) is 5.12.